The standard InChI is InChI=1S/C28H36FN3O5/c1-6-36-26(34)19-11-18(16-7-8-16)23-15(2)24(21(29)13-32(23)25(19)33)31-12-20(17-9-10-17)22(14-31)30-27(35)37-28(3,4)5/h11,13,16-17,20,22H,6-10,12,14H2,1-5H3,(H,30,35)/t20-,22-/m0/s1. The zero-order valence-electron chi connectivity index (χ0n) is 22.2. The second-order valence-electron chi connectivity index (χ2n) is 11.6. The highest BCUT2D eigenvalue weighted by molar-refractivity contribution is 5.90. The maximum Gasteiger partial charge on any atom is 0.407 e. The van der Waals surface area contributed by atoms with Crippen molar-refractivity contribution in [2.45, 2.75) is 77.9 Å². The van der Waals surface area contributed by atoms with Crippen LogP contribution in [0.15, 0.2) is 17.1 Å². The second-order valence-corrected chi connectivity index (χ2v) is 11.6. The van der Waals surface area contributed by atoms with Crippen molar-refractivity contribution < 1.29 is 23.5 Å². The normalized spacial score (nSPS) is 21.8. The number of pyridine rings is 2. The minimum Gasteiger partial charge on any atom is -0.462 e. The first-order valence-electron chi connectivity index (χ1n) is 13.3. The molecule has 2 aromatic heterocycles. The lowest BCUT2D eigenvalue weighted by molar-refractivity contribution is 0.0491. The molecule has 0 spiro atoms. The molecule has 1 amide bonds. The van der Waals surface area contributed by atoms with Gasteiger partial charge in [-0.05, 0) is 89.3 Å². The number of aromatic nitrogens is 1. The van der Waals surface area contributed by atoms with Crippen LogP contribution in [0.25, 0.3) is 5.52 Å². The Morgan fingerprint density at radius 3 is 2.46 bits per heavy atom. The maximum absolute atomic E-state index is 15.8. The lowest BCUT2D eigenvalue weighted by Gasteiger charge is -2.25. The van der Waals surface area contributed by atoms with Crippen LogP contribution in [0.4, 0.5) is 14.9 Å². The Labute approximate surface area is 216 Å². The summed E-state index contributed by atoms with van der Waals surface area (Å²) in [7, 11) is 0. The van der Waals surface area contributed by atoms with E-state index < -0.39 is 29.0 Å². The van der Waals surface area contributed by atoms with Crippen molar-refractivity contribution in [1.29, 1.82) is 0 Å². The summed E-state index contributed by atoms with van der Waals surface area (Å²) >= 11 is 0. The summed E-state index contributed by atoms with van der Waals surface area (Å²) in [6.07, 6.45) is 4.85. The Morgan fingerprint density at radius 2 is 1.86 bits per heavy atom. The first-order valence-corrected chi connectivity index (χ1v) is 13.3. The summed E-state index contributed by atoms with van der Waals surface area (Å²) in [5.41, 5.74) is 1.41. The van der Waals surface area contributed by atoms with Crippen molar-refractivity contribution >= 4 is 23.3 Å². The van der Waals surface area contributed by atoms with Crippen LogP contribution in [-0.2, 0) is 9.47 Å². The average Bonchev–Trinajstić information content (AvgIpc) is 3.72. The Balaban J connectivity index is 1.53. The molecule has 37 heavy (non-hydrogen) atoms. The minimum atomic E-state index is -0.686. The smallest absolute Gasteiger partial charge is 0.407 e. The molecule has 0 unspecified atom stereocenters. The van der Waals surface area contributed by atoms with Gasteiger partial charge in [-0.15, -0.1) is 0 Å². The summed E-state index contributed by atoms with van der Waals surface area (Å²) in [5.74, 6) is -0.305. The molecular formula is C28H36FN3O5. The number of carbonyl (C=O) groups excluding carboxylic acids is 2. The van der Waals surface area contributed by atoms with Crippen LogP contribution in [0, 0.1) is 24.6 Å². The third-order valence-electron chi connectivity index (χ3n) is 7.57. The summed E-state index contributed by atoms with van der Waals surface area (Å²) in [4.78, 5) is 40.3. The SMILES string of the molecule is CCOC(=O)c1cc(C2CC2)c2c(C)c(N3C[C@H](NC(=O)OC(C)(C)C)[C@H](C4CC4)C3)c(F)cn2c1=O. The number of amides is 1. The molecule has 3 fully saturated rings. The number of hydrogen-bond acceptors (Lipinski definition) is 6. The number of fused-ring (bicyclic) bond motifs is 1. The van der Waals surface area contributed by atoms with Gasteiger partial charge in [-0.3, -0.25) is 9.20 Å². The molecule has 2 saturated carbocycles. The summed E-state index contributed by atoms with van der Waals surface area (Å²) in [6, 6.07) is 1.49. The fraction of sp³-hybridized carbons (Fsp3) is 0.607. The predicted octanol–water partition coefficient (Wildman–Crippen LogP) is 4.54. The number of esters is 1. The molecule has 1 aliphatic heterocycles. The fourth-order valence-electron chi connectivity index (χ4n) is 5.72. The van der Waals surface area contributed by atoms with E-state index in [-0.39, 0.29) is 30.0 Å². The predicted molar refractivity (Wildman–Crippen MR) is 138 cm³/mol. The molecular weight excluding hydrogens is 477 g/mol. The van der Waals surface area contributed by atoms with E-state index in [1.807, 2.05) is 32.6 Å². The Hall–Kier alpha value is -3.10. The van der Waals surface area contributed by atoms with E-state index in [2.05, 4.69) is 5.32 Å². The van der Waals surface area contributed by atoms with Gasteiger partial charge in [0.1, 0.15) is 11.2 Å². The van der Waals surface area contributed by atoms with Gasteiger partial charge in [0.05, 0.1) is 30.0 Å². The molecule has 8 nitrogen and oxygen atoms in total. The quantitative estimate of drug-likeness (QED) is 0.571. The monoisotopic (exact) mass is 513 g/mol. The average molecular weight is 514 g/mol. The molecule has 9 heteroatoms. The van der Waals surface area contributed by atoms with Crippen molar-refractivity contribution in [1.82, 2.24) is 9.72 Å². The topological polar surface area (TPSA) is 89.3 Å². The van der Waals surface area contributed by atoms with Gasteiger partial charge in [-0.25, -0.2) is 14.0 Å². The van der Waals surface area contributed by atoms with Crippen molar-refractivity contribution in [3.63, 3.8) is 0 Å². The molecule has 2 atom stereocenters. The van der Waals surface area contributed by atoms with Crippen molar-refractivity contribution in [3.8, 4) is 0 Å². The van der Waals surface area contributed by atoms with Gasteiger partial charge in [0.25, 0.3) is 5.56 Å². The molecule has 2 aromatic rings. The van der Waals surface area contributed by atoms with Crippen LogP contribution in [0.5, 0.6) is 0 Å². The number of halogens is 1. The molecule has 0 bridgehead atoms. The molecule has 200 valence electrons. The van der Waals surface area contributed by atoms with Crippen molar-refractivity contribution in [2.24, 2.45) is 11.8 Å². The number of ether oxygens (including phenoxy) is 2. The number of anilines is 1. The number of aryl methyl sites for hydroxylation is 1. The van der Waals surface area contributed by atoms with E-state index in [9.17, 15) is 14.4 Å². The van der Waals surface area contributed by atoms with E-state index in [1.165, 1.54) is 10.6 Å². The highest BCUT2D eigenvalue weighted by atomic mass is 19.1. The number of carbonyl (C=O) groups is 2. The molecule has 3 aliphatic rings. The molecule has 1 saturated heterocycles. The summed E-state index contributed by atoms with van der Waals surface area (Å²) in [6.45, 7) is 10.2. The summed E-state index contributed by atoms with van der Waals surface area (Å²) in [5, 5.41) is 3.03. The number of hydrogen-bond donors (Lipinski definition) is 1. The summed E-state index contributed by atoms with van der Waals surface area (Å²) < 4.78 is 27.6. The third kappa shape index (κ3) is 5.05. The van der Waals surface area contributed by atoms with Gasteiger partial charge < -0.3 is 19.7 Å². The van der Waals surface area contributed by atoms with Crippen molar-refractivity contribution in [3.05, 3.63) is 45.1 Å². The van der Waals surface area contributed by atoms with Gasteiger partial charge in [-0.1, -0.05) is 0 Å². The molecule has 0 radical (unpaired) electrons. The van der Waals surface area contributed by atoms with E-state index in [0.717, 1.165) is 31.2 Å². The number of nitrogens with one attached hydrogen (secondary N) is 1. The van der Waals surface area contributed by atoms with Crippen LogP contribution in [0.1, 0.15) is 80.8 Å². The Kier molecular flexibility index (Phi) is 6.44. The lowest BCUT2D eigenvalue weighted by Crippen LogP contribution is -2.43. The number of nitrogens with zero attached hydrogens (tertiary/aromatic N) is 2. The van der Waals surface area contributed by atoms with Crippen LogP contribution in [0.3, 0.4) is 0 Å². The Bertz CT molecular complexity index is 1310. The van der Waals surface area contributed by atoms with Crippen LogP contribution in [-0.4, -0.2) is 47.8 Å². The zero-order valence-corrected chi connectivity index (χ0v) is 22.2. The first kappa shape index (κ1) is 25.5. The second kappa shape index (κ2) is 9.33. The fourth-order valence-corrected chi connectivity index (χ4v) is 5.72. The van der Waals surface area contributed by atoms with Crippen LogP contribution in [0.2, 0.25) is 0 Å². The molecule has 0 aromatic carbocycles. The Morgan fingerprint density at radius 1 is 1.16 bits per heavy atom. The van der Waals surface area contributed by atoms with E-state index in [1.54, 1.807) is 13.0 Å². The molecule has 2 aliphatic carbocycles. The first-order chi connectivity index (χ1) is 17.5. The minimum absolute atomic E-state index is 0.0654. The third-order valence-corrected chi connectivity index (χ3v) is 7.57. The zero-order chi connectivity index (χ0) is 26.6. The number of rotatable bonds is 6. The molecule has 3 heterocycles. The lowest BCUT2D eigenvalue weighted by atomic mass is 9.98. The van der Waals surface area contributed by atoms with Gasteiger partial charge in [0, 0.05) is 19.0 Å². The van der Waals surface area contributed by atoms with E-state index in [4.69, 9.17) is 9.47 Å². The van der Waals surface area contributed by atoms with Gasteiger partial charge >= 0.3 is 12.1 Å². The highest BCUT2D eigenvalue weighted by Gasteiger charge is 2.44. The number of alkyl carbamates (subject to hydrolysis) is 1. The largest absolute Gasteiger partial charge is 0.462 e. The maximum atomic E-state index is 15.8. The van der Waals surface area contributed by atoms with Gasteiger partial charge in [0.2, 0.25) is 0 Å². The van der Waals surface area contributed by atoms with Crippen LogP contribution >= 0.6 is 0 Å². The van der Waals surface area contributed by atoms with E-state index >= 15 is 4.39 Å². The molecule has 5 rings (SSSR count). The van der Waals surface area contributed by atoms with E-state index in [0.29, 0.717) is 35.8 Å². The van der Waals surface area contributed by atoms with Gasteiger partial charge in [-0.2, -0.15) is 0 Å². The van der Waals surface area contributed by atoms with Crippen LogP contribution < -0.4 is 15.8 Å². The van der Waals surface area contributed by atoms with Gasteiger partial charge in [0.15, 0.2) is 5.82 Å². The molecule has 1 N–H and O–H groups in total. The van der Waals surface area contributed by atoms with Crippen molar-refractivity contribution in [2.75, 3.05) is 24.6 Å². The highest BCUT2D eigenvalue weighted by Crippen LogP contribution is 2.46.